The molecule has 1 saturated heterocycles. The lowest BCUT2D eigenvalue weighted by Crippen LogP contribution is -2.43. The number of fused-ring (bicyclic) bond motifs is 3. The summed E-state index contributed by atoms with van der Waals surface area (Å²) in [5, 5.41) is 9.75. The first kappa shape index (κ1) is 12.4. The topological polar surface area (TPSA) is 40.5 Å². The third kappa shape index (κ3) is 1.87. The lowest BCUT2D eigenvalue weighted by atomic mass is 9.92. The average molecular weight is 271 g/mol. The Kier molecular flexibility index (Phi) is 2.84. The van der Waals surface area contributed by atoms with Crippen molar-refractivity contribution in [2.45, 2.75) is 37.7 Å². The van der Waals surface area contributed by atoms with Crippen LogP contribution in [0.15, 0.2) is 24.3 Å². The Morgan fingerprint density at radius 3 is 2.95 bits per heavy atom. The smallest absolute Gasteiger partial charge is 0.226 e. The maximum atomic E-state index is 12.7. The van der Waals surface area contributed by atoms with Gasteiger partial charge in [0.15, 0.2) is 0 Å². The molecule has 2 fully saturated rings. The van der Waals surface area contributed by atoms with Crippen LogP contribution in [0.2, 0.25) is 0 Å². The SMILES string of the molecule is O=C(C1C2CCc3ccccc3C21)N1CCCC(O)C1. The summed E-state index contributed by atoms with van der Waals surface area (Å²) in [6.45, 7) is 1.36. The number of hydrogen-bond donors (Lipinski definition) is 1. The van der Waals surface area contributed by atoms with Gasteiger partial charge in [0.1, 0.15) is 0 Å². The van der Waals surface area contributed by atoms with Crippen molar-refractivity contribution in [3.63, 3.8) is 0 Å². The maximum absolute atomic E-state index is 12.7. The monoisotopic (exact) mass is 271 g/mol. The molecule has 3 nitrogen and oxygen atoms in total. The van der Waals surface area contributed by atoms with Crippen LogP contribution >= 0.6 is 0 Å². The van der Waals surface area contributed by atoms with Crippen LogP contribution in [0.1, 0.15) is 36.3 Å². The molecule has 3 aliphatic rings. The number of hydrogen-bond acceptors (Lipinski definition) is 2. The number of likely N-dealkylation sites (tertiary alicyclic amines) is 1. The lowest BCUT2D eigenvalue weighted by Gasteiger charge is -2.30. The molecule has 106 valence electrons. The van der Waals surface area contributed by atoms with E-state index in [0.29, 0.717) is 18.4 Å². The average Bonchev–Trinajstić information content (AvgIpc) is 3.21. The van der Waals surface area contributed by atoms with Crippen LogP contribution in [0.4, 0.5) is 0 Å². The zero-order chi connectivity index (χ0) is 13.7. The van der Waals surface area contributed by atoms with E-state index in [0.717, 1.165) is 32.2 Å². The molecule has 0 aromatic heterocycles. The molecule has 1 aromatic carbocycles. The van der Waals surface area contributed by atoms with Gasteiger partial charge < -0.3 is 10.0 Å². The second-order valence-corrected chi connectivity index (χ2v) is 6.53. The fourth-order valence-corrected chi connectivity index (χ4v) is 4.27. The largest absolute Gasteiger partial charge is 0.391 e. The number of piperidine rings is 1. The van der Waals surface area contributed by atoms with Crippen LogP contribution in [0.5, 0.6) is 0 Å². The number of aryl methyl sites for hydroxylation is 1. The zero-order valence-electron chi connectivity index (χ0n) is 11.7. The molecule has 4 unspecified atom stereocenters. The van der Waals surface area contributed by atoms with E-state index in [2.05, 4.69) is 24.3 Å². The number of nitrogens with zero attached hydrogens (tertiary/aromatic N) is 1. The van der Waals surface area contributed by atoms with Gasteiger partial charge in [-0.3, -0.25) is 4.79 Å². The van der Waals surface area contributed by atoms with E-state index < -0.39 is 0 Å². The highest BCUT2D eigenvalue weighted by Crippen LogP contribution is 2.60. The molecule has 20 heavy (non-hydrogen) atoms. The number of carbonyl (C=O) groups is 1. The second kappa shape index (κ2) is 4.59. The summed E-state index contributed by atoms with van der Waals surface area (Å²) in [4.78, 5) is 14.6. The Morgan fingerprint density at radius 2 is 2.10 bits per heavy atom. The number of carbonyl (C=O) groups excluding carboxylic acids is 1. The van der Waals surface area contributed by atoms with Gasteiger partial charge in [-0.25, -0.2) is 0 Å². The van der Waals surface area contributed by atoms with Crippen molar-refractivity contribution in [3.05, 3.63) is 35.4 Å². The molecular weight excluding hydrogens is 250 g/mol. The van der Waals surface area contributed by atoms with Gasteiger partial charge in [-0.15, -0.1) is 0 Å². The Balaban J connectivity index is 1.53. The number of aliphatic hydroxyl groups is 1. The Morgan fingerprint density at radius 1 is 1.25 bits per heavy atom. The summed E-state index contributed by atoms with van der Waals surface area (Å²) >= 11 is 0. The first-order valence-electron chi connectivity index (χ1n) is 7.80. The molecule has 0 radical (unpaired) electrons. The number of rotatable bonds is 1. The van der Waals surface area contributed by atoms with Crippen molar-refractivity contribution in [2.24, 2.45) is 11.8 Å². The molecule has 3 heteroatoms. The predicted molar refractivity (Wildman–Crippen MR) is 76.3 cm³/mol. The molecule has 4 rings (SSSR count). The number of aliphatic hydroxyl groups excluding tert-OH is 1. The highest BCUT2D eigenvalue weighted by molar-refractivity contribution is 5.84. The van der Waals surface area contributed by atoms with Crippen molar-refractivity contribution in [1.82, 2.24) is 4.90 Å². The highest BCUT2D eigenvalue weighted by atomic mass is 16.3. The van der Waals surface area contributed by atoms with Crippen LogP contribution < -0.4 is 0 Å². The van der Waals surface area contributed by atoms with Gasteiger partial charge in [-0.05, 0) is 48.6 Å². The molecule has 4 atom stereocenters. The van der Waals surface area contributed by atoms with Crippen molar-refractivity contribution in [3.8, 4) is 0 Å². The minimum atomic E-state index is -0.319. The Hall–Kier alpha value is -1.35. The fourth-order valence-electron chi connectivity index (χ4n) is 4.27. The molecule has 0 spiro atoms. The van der Waals surface area contributed by atoms with Crippen molar-refractivity contribution in [2.75, 3.05) is 13.1 Å². The van der Waals surface area contributed by atoms with E-state index >= 15 is 0 Å². The highest BCUT2D eigenvalue weighted by Gasteiger charge is 2.58. The minimum Gasteiger partial charge on any atom is -0.391 e. The third-order valence-corrected chi connectivity index (χ3v) is 5.32. The standard InChI is InChI=1S/C17H21NO2/c19-12-5-3-9-18(10-12)17(20)16-14-8-7-11-4-1-2-6-13(11)15(14)16/h1-2,4,6,12,14-16,19H,3,5,7-10H2. The molecule has 1 heterocycles. The van der Waals surface area contributed by atoms with Gasteiger partial charge >= 0.3 is 0 Å². The first-order valence-corrected chi connectivity index (χ1v) is 7.80. The predicted octanol–water partition coefficient (Wildman–Crippen LogP) is 1.95. The van der Waals surface area contributed by atoms with Gasteiger partial charge in [0, 0.05) is 19.0 Å². The van der Waals surface area contributed by atoms with E-state index in [9.17, 15) is 9.90 Å². The number of β-amino-alcohol motifs (C(OH)–C–C–N with tert-alkyl or cyclic N) is 1. The molecular formula is C17H21NO2. The second-order valence-electron chi connectivity index (χ2n) is 6.53. The summed E-state index contributed by atoms with van der Waals surface area (Å²) in [5.41, 5.74) is 2.84. The summed E-state index contributed by atoms with van der Waals surface area (Å²) < 4.78 is 0. The van der Waals surface area contributed by atoms with Gasteiger partial charge in [0.2, 0.25) is 5.91 Å². The Bertz CT molecular complexity index is 542. The Labute approximate surface area is 119 Å². The molecule has 1 saturated carbocycles. The van der Waals surface area contributed by atoms with Crippen LogP contribution in [-0.2, 0) is 11.2 Å². The normalized spacial score (nSPS) is 35.1. The minimum absolute atomic E-state index is 0.184. The zero-order valence-corrected chi connectivity index (χ0v) is 11.7. The van der Waals surface area contributed by atoms with Crippen LogP contribution in [0.25, 0.3) is 0 Å². The summed E-state index contributed by atoms with van der Waals surface area (Å²) in [7, 11) is 0. The molecule has 2 aliphatic carbocycles. The van der Waals surface area contributed by atoms with E-state index in [1.54, 1.807) is 0 Å². The number of amides is 1. The van der Waals surface area contributed by atoms with Crippen LogP contribution in [0.3, 0.4) is 0 Å². The van der Waals surface area contributed by atoms with Crippen LogP contribution in [0, 0.1) is 11.8 Å². The van der Waals surface area contributed by atoms with Gasteiger partial charge in [-0.1, -0.05) is 24.3 Å². The fraction of sp³-hybridized carbons (Fsp3) is 0.588. The van der Waals surface area contributed by atoms with Gasteiger partial charge in [0.05, 0.1) is 6.10 Å². The summed E-state index contributed by atoms with van der Waals surface area (Å²) in [6.07, 6.45) is 3.72. The molecule has 1 aromatic rings. The number of benzene rings is 1. The third-order valence-electron chi connectivity index (χ3n) is 5.32. The molecule has 1 amide bonds. The summed E-state index contributed by atoms with van der Waals surface area (Å²) in [5.74, 6) is 1.47. The quantitative estimate of drug-likeness (QED) is 0.848. The van der Waals surface area contributed by atoms with Crippen molar-refractivity contribution < 1.29 is 9.90 Å². The maximum Gasteiger partial charge on any atom is 0.226 e. The van der Waals surface area contributed by atoms with E-state index in [1.807, 2.05) is 4.90 Å². The lowest BCUT2D eigenvalue weighted by molar-refractivity contribution is -0.136. The van der Waals surface area contributed by atoms with Gasteiger partial charge in [-0.2, -0.15) is 0 Å². The van der Waals surface area contributed by atoms with Crippen LogP contribution in [-0.4, -0.2) is 35.1 Å². The van der Waals surface area contributed by atoms with Crippen molar-refractivity contribution >= 4 is 5.91 Å². The van der Waals surface area contributed by atoms with E-state index in [-0.39, 0.29) is 17.9 Å². The summed E-state index contributed by atoms with van der Waals surface area (Å²) in [6, 6.07) is 8.59. The molecule has 0 bridgehead atoms. The van der Waals surface area contributed by atoms with E-state index in [1.165, 1.54) is 11.1 Å². The molecule has 1 aliphatic heterocycles. The van der Waals surface area contributed by atoms with Gasteiger partial charge in [0.25, 0.3) is 0 Å². The van der Waals surface area contributed by atoms with E-state index in [4.69, 9.17) is 0 Å². The van der Waals surface area contributed by atoms with Crippen molar-refractivity contribution in [1.29, 1.82) is 0 Å². The molecule has 1 N–H and O–H groups in total. The first-order chi connectivity index (χ1) is 9.75.